The van der Waals surface area contributed by atoms with Crippen LogP contribution < -0.4 is 10.1 Å². The third-order valence-electron chi connectivity index (χ3n) is 3.05. The van der Waals surface area contributed by atoms with E-state index in [1.165, 1.54) is 0 Å². The molecule has 0 amide bonds. The van der Waals surface area contributed by atoms with Crippen LogP contribution in [0, 0.1) is 11.3 Å². The minimum absolute atomic E-state index is 0.00695. The van der Waals surface area contributed by atoms with Crippen LogP contribution in [0.25, 0.3) is 0 Å². The van der Waals surface area contributed by atoms with Gasteiger partial charge in [-0.3, -0.25) is 0 Å². The number of aliphatic hydroxyl groups is 1. The van der Waals surface area contributed by atoms with Crippen molar-refractivity contribution < 1.29 is 9.84 Å². The van der Waals surface area contributed by atoms with Crippen molar-refractivity contribution in [3.8, 4) is 11.8 Å². The lowest BCUT2D eigenvalue weighted by molar-refractivity contribution is 0.200. The molecule has 0 aliphatic carbocycles. The Hall–Kier alpha value is -2.35. The van der Waals surface area contributed by atoms with Crippen LogP contribution in [0.5, 0.6) is 5.75 Å². The zero-order valence-corrected chi connectivity index (χ0v) is 11.7. The highest BCUT2D eigenvalue weighted by atomic mass is 16.5. The van der Waals surface area contributed by atoms with Gasteiger partial charge in [-0.2, -0.15) is 5.26 Å². The van der Waals surface area contributed by atoms with Gasteiger partial charge in [0.15, 0.2) is 0 Å². The van der Waals surface area contributed by atoms with Crippen molar-refractivity contribution in [3.63, 3.8) is 0 Å². The zero-order chi connectivity index (χ0) is 14.9. The van der Waals surface area contributed by atoms with Gasteiger partial charge in [-0.1, -0.05) is 30.3 Å². The first-order chi connectivity index (χ1) is 10.3. The molecule has 0 fully saturated rings. The van der Waals surface area contributed by atoms with Gasteiger partial charge >= 0.3 is 0 Å². The molecule has 0 aliphatic heterocycles. The lowest BCUT2D eigenvalue weighted by Gasteiger charge is -2.11. The number of rotatable bonds is 7. The minimum atomic E-state index is 0.00695. The van der Waals surface area contributed by atoms with Crippen molar-refractivity contribution in [1.82, 2.24) is 5.32 Å². The van der Waals surface area contributed by atoms with E-state index < -0.39 is 0 Å². The molecular weight excluding hydrogens is 264 g/mol. The van der Waals surface area contributed by atoms with Crippen LogP contribution in [0.15, 0.2) is 48.5 Å². The summed E-state index contributed by atoms with van der Waals surface area (Å²) in [6, 6.07) is 17.4. The number of aliphatic hydroxyl groups excluding tert-OH is 1. The third-order valence-corrected chi connectivity index (χ3v) is 3.05. The molecule has 4 heteroatoms. The second-order valence-corrected chi connectivity index (χ2v) is 4.59. The van der Waals surface area contributed by atoms with Gasteiger partial charge in [0, 0.05) is 18.7 Å². The van der Waals surface area contributed by atoms with Gasteiger partial charge in [0.1, 0.15) is 12.4 Å². The molecule has 2 aromatic rings. The minimum Gasteiger partial charge on any atom is -0.491 e. The number of nitrogens with one attached hydrogen (secondary N) is 1. The maximum absolute atomic E-state index is 8.82. The molecule has 0 radical (unpaired) electrons. The van der Waals surface area contributed by atoms with E-state index in [1.807, 2.05) is 48.5 Å². The highest BCUT2D eigenvalue weighted by Gasteiger charge is 2.02. The molecular formula is C17H18N2O2. The predicted molar refractivity (Wildman–Crippen MR) is 80.7 cm³/mol. The van der Waals surface area contributed by atoms with Crippen LogP contribution in [-0.2, 0) is 13.1 Å². The Morgan fingerprint density at radius 2 is 1.81 bits per heavy atom. The summed E-state index contributed by atoms with van der Waals surface area (Å²) in [6.07, 6.45) is 0. The SMILES string of the molecule is N#Cc1ccc(CNCc2ccccc2OCCO)cc1. The average Bonchev–Trinajstić information content (AvgIpc) is 2.54. The third kappa shape index (κ3) is 4.60. The predicted octanol–water partition coefficient (Wildman–Crippen LogP) is 2.22. The molecule has 0 saturated carbocycles. The summed E-state index contributed by atoms with van der Waals surface area (Å²) in [5.74, 6) is 0.791. The van der Waals surface area contributed by atoms with Crippen molar-refractivity contribution in [2.45, 2.75) is 13.1 Å². The monoisotopic (exact) mass is 282 g/mol. The van der Waals surface area contributed by atoms with Gasteiger partial charge in [0.05, 0.1) is 18.2 Å². The molecule has 0 unspecified atom stereocenters. The van der Waals surface area contributed by atoms with Crippen LogP contribution in [0.2, 0.25) is 0 Å². The van der Waals surface area contributed by atoms with E-state index in [4.69, 9.17) is 15.1 Å². The molecule has 0 heterocycles. The number of hydrogen-bond acceptors (Lipinski definition) is 4. The molecule has 0 aliphatic rings. The van der Waals surface area contributed by atoms with E-state index in [2.05, 4.69) is 11.4 Å². The van der Waals surface area contributed by atoms with Crippen LogP contribution in [-0.4, -0.2) is 18.3 Å². The number of hydrogen-bond donors (Lipinski definition) is 2. The van der Waals surface area contributed by atoms with Gasteiger partial charge in [-0.05, 0) is 23.8 Å². The molecule has 0 saturated heterocycles. The first kappa shape index (κ1) is 15.0. The first-order valence-electron chi connectivity index (χ1n) is 6.85. The standard InChI is InChI=1S/C17H18N2O2/c18-11-14-5-7-15(8-6-14)12-19-13-16-3-1-2-4-17(16)21-10-9-20/h1-8,19-20H,9-10,12-13H2. The van der Waals surface area contributed by atoms with Crippen molar-refractivity contribution in [2.75, 3.05) is 13.2 Å². The Morgan fingerprint density at radius 3 is 2.52 bits per heavy atom. The summed E-state index contributed by atoms with van der Waals surface area (Å²) in [6.45, 7) is 1.71. The zero-order valence-electron chi connectivity index (χ0n) is 11.7. The molecule has 4 nitrogen and oxygen atoms in total. The highest BCUT2D eigenvalue weighted by Crippen LogP contribution is 2.17. The Kier molecular flexibility index (Phi) is 5.77. The number of benzene rings is 2. The van der Waals surface area contributed by atoms with Crippen molar-refractivity contribution in [2.24, 2.45) is 0 Å². The van der Waals surface area contributed by atoms with E-state index in [0.717, 1.165) is 23.4 Å². The first-order valence-corrected chi connectivity index (χ1v) is 6.85. The van der Waals surface area contributed by atoms with Crippen LogP contribution >= 0.6 is 0 Å². The Labute approximate surface area is 124 Å². The fourth-order valence-electron chi connectivity index (χ4n) is 1.98. The maximum atomic E-state index is 8.82. The van der Waals surface area contributed by atoms with E-state index in [1.54, 1.807) is 0 Å². The summed E-state index contributed by atoms with van der Waals surface area (Å²) in [7, 11) is 0. The molecule has 0 bridgehead atoms. The van der Waals surface area contributed by atoms with E-state index in [-0.39, 0.29) is 6.61 Å². The lowest BCUT2D eigenvalue weighted by Crippen LogP contribution is -2.14. The van der Waals surface area contributed by atoms with Crippen molar-refractivity contribution in [3.05, 3.63) is 65.2 Å². The number of nitriles is 1. The molecule has 0 aromatic heterocycles. The Bertz CT molecular complexity index is 603. The van der Waals surface area contributed by atoms with Gasteiger partial charge in [-0.15, -0.1) is 0 Å². The molecule has 2 aromatic carbocycles. The topological polar surface area (TPSA) is 65.3 Å². The summed E-state index contributed by atoms with van der Waals surface area (Å²) in [5, 5.41) is 20.9. The smallest absolute Gasteiger partial charge is 0.123 e. The van der Waals surface area contributed by atoms with Crippen LogP contribution in [0.3, 0.4) is 0 Å². The molecule has 2 N–H and O–H groups in total. The maximum Gasteiger partial charge on any atom is 0.123 e. The summed E-state index contributed by atoms with van der Waals surface area (Å²) < 4.78 is 5.49. The van der Waals surface area contributed by atoms with Gasteiger partial charge < -0.3 is 15.2 Å². The summed E-state index contributed by atoms with van der Waals surface area (Å²) >= 11 is 0. The largest absolute Gasteiger partial charge is 0.491 e. The van der Waals surface area contributed by atoms with Gasteiger partial charge in [-0.25, -0.2) is 0 Å². The quantitative estimate of drug-likeness (QED) is 0.817. The Balaban J connectivity index is 1.89. The lowest BCUT2D eigenvalue weighted by atomic mass is 10.1. The Morgan fingerprint density at radius 1 is 1.05 bits per heavy atom. The number of para-hydroxylation sites is 1. The number of nitrogens with zero attached hydrogens (tertiary/aromatic N) is 1. The van der Waals surface area contributed by atoms with E-state index in [0.29, 0.717) is 18.7 Å². The van der Waals surface area contributed by atoms with Gasteiger partial charge in [0.2, 0.25) is 0 Å². The van der Waals surface area contributed by atoms with E-state index >= 15 is 0 Å². The van der Waals surface area contributed by atoms with Crippen LogP contribution in [0.1, 0.15) is 16.7 Å². The average molecular weight is 282 g/mol. The fraction of sp³-hybridized carbons (Fsp3) is 0.235. The second-order valence-electron chi connectivity index (χ2n) is 4.59. The normalized spacial score (nSPS) is 10.1. The summed E-state index contributed by atoms with van der Waals surface area (Å²) in [4.78, 5) is 0. The number of ether oxygens (including phenoxy) is 1. The van der Waals surface area contributed by atoms with E-state index in [9.17, 15) is 0 Å². The summed E-state index contributed by atoms with van der Waals surface area (Å²) in [5.41, 5.74) is 2.85. The molecule has 0 atom stereocenters. The second kappa shape index (κ2) is 8.05. The van der Waals surface area contributed by atoms with Gasteiger partial charge in [0.25, 0.3) is 0 Å². The van der Waals surface area contributed by atoms with Crippen LogP contribution in [0.4, 0.5) is 0 Å². The molecule has 0 spiro atoms. The fourth-order valence-corrected chi connectivity index (χ4v) is 1.98. The molecule has 108 valence electrons. The highest BCUT2D eigenvalue weighted by molar-refractivity contribution is 5.34. The molecule has 21 heavy (non-hydrogen) atoms. The van der Waals surface area contributed by atoms with Crippen molar-refractivity contribution in [1.29, 1.82) is 5.26 Å². The van der Waals surface area contributed by atoms with Crippen molar-refractivity contribution >= 4 is 0 Å². The molecule has 2 rings (SSSR count).